The molecule has 0 N–H and O–H groups in total. The maximum atomic E-state index is 4.27. The number of aromatic nitrogens is 5. The van der Waals surface area contributed by atoms with E-state index < -0.39 is 0 Å². The quantitative estimate of drug-likeness (QED) is 0.775. The summed E-state index contributed by atoms with van der Waals surface area (Å²) in [5.74, 6) is 1.69. The molecule has 0 saturated heterocycles. The highest BCUT2D eigenvalue weighted by atomic mass is 79.9. The van der Waals surface area contributed by atoms with Gasteiger partial charge in [0.25, 0.3) is 0 Å². The zero-order chi connectivity index (χ0) is 11.0. The Morgan fingerprint density at radius 1 is 1.19 bits per heavy atom. The first kappa shape index (κ1) is 9.71. The topological polar surface area (TPSA) is 59.7 Å². The van der Waals surface area contributed by atoms with Gasteiger partial charge in [-0.15, -0.1) is 10.2 Å². The maximum Gasteiger partial charge on any atom is 0.225 e. The molecule has 0 bridgehead atoms. The molecule has 2 aromatic heterocycles. The monoisotopic (exact) mass is 280 g/mol. The second-order valence-corrected chi connectivity index (χ2v) is 4.48. The van der Waals surface area contributed by atoms with E-state index in [1.165, 1.54) is 0 Å². The van der Waals surface area contributed by atoms with Gasteiger partial charge in [-0.05, 0) is 15.9 Å². The summed E-state index contributed by atoms with van der Waals surface area (Å²) in [6.45, 7) is 2.47. The number of rotatable bonds is 1. The first-order valence-corrected chi connectivity index (χ1v) is 5.71. The van der Waals surface area contributed by atoms with Crippen LogP contribution in [0.2, 0.25) is 0 Å². The largest absolute Gasteiger partial charge is 0.331 e. The molecule has 0 atom stereocenters. The van der Waals surface area contributed by atoms with Gasteiger partial charge in [0.15, 0.2) is 5.82 Å². The van der Waals surface area contributed by atoms with E-state index in [4.69, 9.17) is 0 Å². The van der Waals surface area contributed by atoms with Gasteiger partial charge in [-0.1, -0.05) is 0 Å². The van der Waals surface area contributed by atoms with Crippen molar-refractivity contribution in [3.63, 3.8) is 0 Å². The highest BCUT2D eigenvalue weighted by Crippen LogP contribution is 2.16. The molecule has 1 aliphatic heterocycles. The third kappa shape index (κ3) is 1.67. The van der Waals surface area contributed by atoms with Gasteiger partial charge in [-0.2, -0.15) is 0 Å². The zero-order valence-corrected chi connectivity index (χ0v) is 10.0. The van der Waals surface area contributed by atoms with Crippen molar-refractivity contribution in [3.05, 3.63) is 29.0 Å². The van der Waals surface area contributed by atoms with Crippen molar-refractivity contribution in [1.82, 2.24) is 24.7 Å². The highest BCUT2D eigenvalue weighted by molar-refractivity contribution is 9.10. The van der Waals surface area contributed by atoms with Gasteiger partial charge in [0.2, 0.25) is 5.95 Å². The Morgan fingerprint density at radius 3 is 2.81 bits per heavy atom. The third-order valence-corrected chi connectivity index (χ3v) is 2.94. The van der Waals surface area contributed by atoms with Crippen molar-refractivity contribution in [3.8, 4) is 0 Å². The van der Waals surface area contributed by atoms with E-state index in [-0.39, 0.29) is 0 Å². The number of fused-ring (bicyclic) bond motifs is 1. The smallest absolute Gasteiger partial charge is 0.225 e. The molecule has 3 heterocycles. The van der Waals surface area contributed by atoms with Gasteiger partial charge in [-0.3, -0.25) is 0 Å². The number of nitrogens with zero attached hydrogens (tertiary/aromatic N) is 6. The number of anilines is 1. The van der Waals surface area contributed by atoms with Crippen molar-refractivity contribution in [1.29, 1.82) is 0 Å². The normalized spacial score (nSPS) is 14.9. The second kappa shape index (κ2) is 3.82. The van der Waals surface area contributed by atoms with Crippen LogP contribution in [-0.2, 0) is 13.1 Å². The molecule has 0 spiro atoms. The summed E-state index contributed by atoms with van der Waals surface area (Å²) in [6, 6.07) is 0. The van der Waals surface area contributed by atoms with Gasteiger partial charge in [0.1, 0.15) is 6.33 Å². The van der Waals surface area contributed by atoms with E-state index in [2.05, 4.69) is 45.6 Å². The Morgan fingerprint density at radius 2 is 2.00 bits per heavy atom. The minimum absolute atomic E-state index is 0.710. The van der Waals surface area contributed by atoms with Gasteiger partial charge in [0, 0.05) is 25.5 Å². The van der Waals surface area contributed by atoms with Crippen molar-refractivity contribution >= 4 is 21.9 Å². The molecule has 82 valence electrons. The zero-order valence-electron chi connectivity index (χ0n) is 8.41. The average Bonchev–Trinajstić information content (AvgIpc) is 2.77. The van der Waals surface area contributed by atoms with Gasteiger partial charge in [-0.25, -0.2) is 9.97 Å². The molecule has 3 rings (SSSR count). The van der Waals surface area contributed by atoms with E-state index in [1.54, 1.807) is 18.7 Å². The van der Waals surface area contributed by atoms with Crippen LogP contribution in [0, 0.1) is 0 Å². The van der Waals surface area contributed by atoms with E-state index >= 15 is 0 Å². The molecular formula is C9H9BrN6. The average molecular weight is 281 g/mol. The summed E-state index contributed by atoms with van der Waals surface area (Å²) in [5.41, 5.74) is 0. The first-order valence-electron chi connectivity index (χ1n) is 4.92. The van der Waals surface area contributed by atoms with Crippen LogP contribution in [-0.4, -0.2) is 31.3 Å². The number of hydrogen-bond acceptors (Lipinski definition) is 5. The van der Waals surface area contributed by atoms with E-state index in [0.29, 0.717) is 6.54 Å². The van der Waals surface area contributed by atoms with E-state index in [9.17, 15) is 0 Å². The SMILES string of the molecule is Brc1cnc(N2CCn3cnnc3C2)nc1. The Labute approximate surface area is 100 Å². The summed E-state index contributed by atoms with van der Waals surface area (Å²) >= 11 is 3.32. The lowest BCUT2D eigenvalue weighted by Crippen LogP contribution is -2.34. The van der Waals surface area contributed by atoms with Crippen LogP contribution in [0.1, 0.15) is 5.82 Å². The first-order chi connectivity index (χ1) is 7.83. The van der Waals surface area contributed by atoms with Crippen molar-refractivity contribution < 1.29 is 0 Å². The molecular weight excluding hydrogens is 272 g/mol. The summed E-state index contributed by atoms with van der Waals surface area (Å²) in [4.78, 5) is 10.6. The predicted octanol–water partition coefficient (Wildman–Crippen LogP) is 0.851. The molecule has 0 saturated carbocycles. The van der Waals surface area contributed by atoms with Gasteiger partial charge in [0.05, 0.1) is 11.0 Å². The Hall–Kier alpha value is -1.50. The predicted molar refractivity (Wildman–Crippen MR) is 60.8 cm³/mol. The highest BCUT2D eigenvalue weighted by Gasteiger charge is 2.19. The second-order valence-electron chi connectivity index (χ2n) is 3.56. The Kier molecular flexibility index (Phi) is 2.32. The summed E-state index contributed by atoms with van der Waals surface area (Å²) < 4.78 is 2.94. The fraction of sp³-hybridized carbons (Fsp3) is 0.333. The van der Waals surface area contributed by atoms with Crippen LogP contribution in [0.4, 0.5) is 5.95 Å². The van der Waals surface area contributed by atoms with Gasteiger partial charge < -0.3 is 9.47 Å². The Balaban J connectivity index is 1.86. The minimum atomic E-state index is 0.710. The van der Waals surface area contributed by atoms with Crippen LogP contribution >= 0.6 is 15.9 Å². The van der Waals surface area contributed by atoms with Crippen LogP contribution in [0.25, 0.3) is 0 Å². The molecule has 0 aromatic carbocycles. The third-order valence-electron chi connectivity index (χ3n) is 2.53. The lowest BCUT2D eigenvalue weighted by Gasteiger charge is -2.26. The van der Waals surface area contributed by atoms with Crippen LogP contribution in [0.3, 0.4) is 0 Å². The summed E-state index contributed by atoms with van der Waals surface area (Å²) in [7, 11) is 0. The Bertz CT molecular complexity index is 493. The minimum Gasteiger partial charge on any atom is -0.331 e. The van der Waals surface area contributed by atoms with Crippen LogP contribution in [0.15, 0.2) is 23.2 Å². The summed E-state index contributed by atoms with van der Waals surface area (Å²) in [5, 5.41) is 7.94. The van der Waals surface area contributed by atoms with Crippen molar-refractivity contribution in [2.75, 3.05) is 11.4 Å². The molecule has 2 aromatic rings. The van der Waals surface area contributed by atoms with Crippen LogP contribution < -0.4 is 4.90 Å². The molecule has 0 radical (unpaired) electrons. The fourth-order valence-electron chi connectivity index (χ4n) is 1.71. The molecule has 1 aliphatic rings. The molecule has 0 fully saturated rings. The lowest BCUT2D eigenvalue weighted by molar-refractivity contribution is 0.551. The molecule has 16 heavy (non-hydrogen) atoms. The maximum absolute atomic E-state index is 4.27. The molecule has 6 nitrogen and oxygen atoms in total. The van der Waals surface area contributed by atoms with Gasteiger partial charge >= 0.3 is 0 Å². The molecule has 0 unspecified atom stereocenters. The molecule has 0 amide bonds. The molecule has 7 heteroatoms. The number of hydrogen-bond donors (Lipinski definition) is 0. The standard InChI is InChI=1S/C9H9BrN6/c10-7-3-11-9(12-4-7)15-1-2-16-6-13-14-8(16)5-15/h3-4,6H,1-2,5H2. The molecule has 0 aliphatic carbocycles. The summed E-state index contributed by atoms with van der Waals surface area (Å²) in [6.07, 6.45) is 5.26. The van der Waals surface area contributed by atoms with Crippen molar-refractivity contribution in [2.24, 2.45) is 0 Å². The van der Waals surface area contributed by atoms with Crippen LogP contribution in [0.5, 0.6) is 0 Å². The fourth-order valence-corrected chi connectivity index (χ4v) is 1.91. The lowest BCUT2D eigenvalue weighted by atomic mass is 10.4. The van der Waals surface area contributed by atoms with E-state index in [1.807, 2.05) is 0 Å². The van der Waals surface area contributed by atoms with Crippen molar-refractivity contribution in [2.45, 2.75) is 13.1 Å². The van der Waals surface area contributed by atoms with E-state index in [0.717, 1.165) is 29.3 Å². The number of halogens is 1.